The van der Waals surface area contributed by atoms with E-state index < -0.39 is 21.4 Å². The van der Waals surface area contributed by atoms with Gasteiger partial charge in [0, 0.05) is 28.4 Å². The lowest BCUT2D eigenvalue weighted by molar-refractivity contribution is 0.165. The lowest BCUT2D eigenvalue weighted by Crippen LogP contribution is -2.44. The number of nitrogens with one attached hydrogen (secondary N) is 2. The molecule has 1 aromatic carbocycles. The Kier molecular flexibility index (Phi) is 4.95. The second-order valence-electron chi connectivity index (χ2n) is 9.88. The summed E-state index contributed by atoms with van der Waals surface area (Å²) in [6.45, 7) is 2.54. The third-order valence-electron chi connectivity index (χ3n) is 7.33. The third-order valence-corrected chi connectivity index (χ3v) is 8.14. The number of hydrogen-bond donors (Lipinski definition) is 2. The van der Waals surface area contributed by atoms with Gasteiger partial charge in [0.1, 0.15) is 19.0 Å². The van der Waals surface area contributed by atoms with Crippen LogP contribution in [0.25, 0.3) is 22.0 Å². The van der Waals surface area contributed by atoms with Crippen LogP contribution in [0.3, 0.4) is 0 Å². The lowest BCUT2D eigenvalue weighted by atomic mass is 9.92. The highest BCUT2D eigenvalue weighted by Crippen LogP contribution is 2.52. The topological polar surface area (TPSA) is 115 Å². The van der Waals surface area contributed by atoms with Crippen LogP contribution in [0.2, 0.25) is 0 Å². The van der Waals surface area contributed by atoms with Gasteiger partial charge in [0.05, 0.1) is 22.9 Å². The Morgan fingerprint density at radius 2 is 1.74 bits per heavy atom. The number of nitrogens with zero attached hydrogens (tertiary/aromatic N) is 3. The number of anilines is 1. The molecule has 35 heavy (non-hydrogen) atoms. The number of benzene rings is 1. The molecule has 0 unspecified atom stereocenters. The van der Waals surface area contributed by atoms with E-state index in [2.05, 4.69) is 25.0 Å². The molecule has 0 amide bonds. The van der Waals surface area contributed by atoms with Crippen molar-refractivity contribution in [2.24, 2.45) is 0 Å². The number of fused-ring (bicyclic) bond motifs is 4. The lowest BCUT2D eigenvalue weighted by Gasteiger charge is -2.28. The van der Waals surface area contributed by atoms with Gasteiger partial charge in [-0.25, -0.2) is 32.5 Å². The van der Waals surface area contributed by atoms with Crippen molar-refractivity contribution in [1.82, 2.24) is 19.7 Å². The first-order valence-electron chi connectivity index (χ1n) is 11.7. The van der Waals surface area contributed by atoms with E-state index in [1.165, 1.54) is 6.26 Å². The Hall–Kier alpha value is -3.05. The molecular weight excluding hydrogens is 473 g/mol. The summed E-state index contributed by atoms with van der Waals surface area (Å²) in [5, 5.41) is 3.82. The predicted molar refractivity (Wildman–Crippen MR) is 129 cm³/mol. The van der Waals surface area contributed by atoms with Crippen LogP contribution in [-0.2, 0) is 10.0 Å². The maximum Gasteiger partial charge on any atom is 0.257 e. The number of aromatic nitrogens is 3. The van der Waals surface area contributed by atoms with Gasteiger partial charge in [-0.1, -0.05) is 0 Å². The van der Waals surface area contributed by atoms with Crippen LogP contribution in [0.5, 0.6) is 11.6 Å². The standard InChI is InChI=1S/C24H26FN5O4S/c1-14-18-17(4-3-15(19(18)25)16-5-10-26-21-20(16)33-11-12-34-21)28-22(27-14)29-23-6-8-24(13-23,9-7-23)30-35(2,31)32/h3-5,10,30H,6-9,11-13H2,1-2H3,(H,27,28,29). The third kappa shape index (κ3) is 3.86. The molecule has 3 aromatic rings. The molecule has 2 N–H and O–H groups in total. The van der Waals surface area contributed by atoms with Crippen molar-refractivity contribution >= 4 is 26.9 Å². The number of sulfonamides is 1. The molecule has 2 saturated carbocycles. The van der Waals surface area contributed by atoms with Crippen LogP contribution in [0.4, 0.5) is 10.3 Å². The zero-order chi connectivity index (χ0) is 24.4. The normalized spacial score (nSPS) is 25.2. The fraction of sp³-hybridized carbons (Fsp3) is 0.458. The van der Waals surface area contributed by atoms with E-state index in [1.807, 2.05) is 0 Å². The van der Waals surface area contributed by atoms with Gasteiger partial charge in [0.25, 0.3) is 5.88 Å². The Morgan fingerprint density at radius 1 is 1.00 bits per heavy atom. The smallest absolute Gasteiger partial charge is 0.257 e. The monoisotopic (exact) mass is 499 g/mol. The molecule has 0 saturated heterocycles. The van der Waals surface area contributed by atoms with Crippen molar-refractivity contribution in [3.05, 3.63) is 35.9 Å². The molecule has 11 heteroatoms. The fourth-order valence-corrected chi connectivity index (χ4v) is 7.00. The summed E-state index contributed by atoms with van der Waals surface area (Å²) >= 11 is 0. The molecule has 0 atom stereocenters. The van der Waals surface area contributed by atoms with E-state index >= 15 is 4.39 Å². The zero-order valence-electron chi connectivity index (χ0n) is 19.5. The number of ether oxygens (including phenoxy) is 2. The van der Waals surface area contributed by atoms with Gasteiger partial charge < -0.3 is 14.8 Å². The van der Waals surface area contributed by atoms with Gasteiger partial charge in [0.2, 0.25) is 16.0 Å². The number of hydrogen-bond acceptors (Lipinski definition) is 8. The van der Waals surface area contributed by atoms with E-state index in [9.17, 15) is 8.42 Å². The molecule has 2 aliphatic carbocycles. The SMILES string of the molecule is Cc1nc(NC23CCC(NS(C)(=O)=O)(CC2)C3)nc2ccc(-c3ccnc4c3OCCO4)c(F)c12. The molecule has 2 aromatic heterocycles. The summed E-state index contributed by atoms with van der Waals surface area (Å²) < 4.78 is 53.6. The van der Waals surface area contributed by atoms with Gasteiger partial charge in [-0.2, -0.15) is 0 Å². The van der Waals surface area contributed by atoms with Crippen LogP contribution in [0.1, 0.15) is 37.8 Å². The number of rotatable bonds is 5. The Bertz CT molecular complexity index is 1450. The van der Waals surface area contributed by atoms with Gasteiger partial charge in [-0.15, -0.1) is 0 Å². The molecule has 0 radical (unpaired) electrons. The first kappa shape index (κ1) is 22.4. The van der Waals surface area contributed by atoms with Gasteiger partial charge in [-0.05, 0) is 57.2 Å². The first-order valence-corrected chi connectivity index (χ1v) is 13.5. The number of pyridine rings is 1. The van der Waals surface area contributed by atoms with Gasteiger partial charge in [-0.3, -0.25) is 0 Å². The van der Waals surface area contributed by atoms with Gasteiger partial charge >= 0.3 is 0 Å². The van der Waals surface area contributed by atoms with Crippen molar-refractivity contribution in [3.63, 3.8) is 0 Å². The van der Waals surface area contributed by atoms with Crippen LogP contribution >= 0.6 is 0 Å². The number of halogens is 1. The largest absolute Gasteiger partial charge is 0.484 e. The van der Waals surface area contributed by atoms with E-state index in [1.54, 1.807) is 31.3 Å². The van der Waals surface area contributed by atoms with Crippen LogP contribution in [0, 0.1) is 12.7 Å². The van der Waals surface area contributed by atoms with Gasteiger partial charge in [0.15, 0.2) is 5.75 Å². The zero-order valence-corrected chi connectivity index (χ0v) is 20.3. The summed E-state index contributed by atoms with van der Waals surface area (Å²) in [7, 11) is -3.30. The predicted octanol–water partition coefficient (Wildman–Crippen LogP) is 3.33. The summed E-state index contributed by atoms with van der Waals surface area (Å²) in [4.78, 5) is 13.4. The molecule has 9 nitrogen and oxygen atoms in total. The van der Waals surface area contributed by atoms with Crippen molar-refractivity contribution in [2.75, 3.05) is 24.8 Å². The average Bonchev–Trinajstić information content (AvgIpc) is 3.32. The molecule has 3 heterocycles. The minimum Gasteiger partial charge on any atom is -0.484 e. The molecule has 2 bridgehead atoms. The van der Waals surface area contributed by atoms with E-state index in [4.69, 9.17) is 9.47 Å². The summed E-state index contributed by atoms with van der Waals surface area (Å²) in [5.74, 6) is 0.791. The molecule has 6 rings (SSSR count). The molecule has 184 valence electrons. The fourth-order valence-electron chi connectivity index (χ4n) is 5.93. The van der Waals surface area contributed by atoms with Crippen molar-refractivity contribution in [2.45, 2.75) is 50.1 Å². The highest BCUT2D eigenvalue weighted by molar-refractivity contribution is 7.88. The first-order chi connectivity index (χ1) is 16.7. The Labute approximate surface area is 202 Å². The number of aryl methyl sites for hydroxylation is 1. The summed E-state index contributed by atoms with van der Waals surface area (Å²) in [6.07, 6.45) is 6.61. The Balaban J connectivity index is 1.33. The molecule has 3 aliphatic rings. The minimum atomic E-state index is -3.30. The minimum absolute atomic E-state index is 0.274. The van der Waals surface area contributed by atoms with Crippen LogP contribution < -0.4 is 19.5 Å². The summed E-state index contributed by atoms with van der Waals surface area (Å²) in [6, 6.07) is 5.17. The second-order valence-corrected chi connectivity index (χ2v) is 11.6. The average molecular weight is 500 g/mol. The Morgan fingerprint density at radius 3 is 2.51 bits per heavy atom. The summed E-state index contributed by atoms with van der Waals surface area (Å²) in [5.41, 5.74) is 1.27. The molecule has 1 aliphatic heterocycles. The van der Waals surface area contributed by atoms with E-state index in [0.29, 0.717) is 64.9 Å². The highest BCUT2D eigenvalue weighted by atomic mass is 32.2. The molecular formula is C24H26FN5O4S. The van der Waals surface area contributed by atoms with E-state index in [-0.39, 0.29) is 5.54 Å². The quantitative estimate of drug-likeness (QED) is 0.549. The van der Waals surface area contributed by atoms with E-state index in [0.717, 1.165) is 25.7 Å². The van der Waals surface area contributed by atoms with Crippen LogP contribution in [0.15, 0.2) is 24.4 Å². The maximum absolute atomic E-state index is 15.8. The van der Waals surface area contributed by atoms with Crippen LogP contribution in [-0.4, -0.2) is 53.9 Å². The van der Waals surface area contributed by atoms with Crippen molar-refractivity contribution < 1.29 is 22.3 Å². The highest BCUT2D eigenvalue weighted by Gasteiger charge is 2.55. The molecule has 0 spiro atoms. The second kappa shape index (κ2) is 7.72. The maximum atomic E-state index is 15.8. The molecule has 2 fully saturated rings. The van der Waals surface area contributed by atoms with Crippen molar-refractivity contribution in [3.8, 4) is 22.8 Å². The van der Waals surface area contributed by atoms with Crippen molar-refractivity contribution in [1.29, 1.82) is 0 Å².